The minimum atomic E-state index is 0.523. The molecule has 0 radical (unpaired) electrons. The predicted octanol–water partition coefficient (Wildman–Crippen LogP) is 5.61. The second kappa shape index (κ2) is 7.07. The van der Waals surface area contributed by atoms with Crippen LogP contribution in [-0.4, -0.2) is 33.3 Å². The van der Waals surface area contributed by atoms with Gasteiger partial charge >= 0.3 is 0 Å². The fraction of sp³-hybridized carbons (Fsp3) is 0.250. The first-order chi connectivity index (χ1) is 14.8. The van der Waals surface area contributed by atoms with Gasteiger partial charge in [0.1, 0.15) is 5.69 Å². The van der Waals surface area contributed by atoms with Crippen molar-refractivity contribution in [3.05, 3.63) is 59.2 Å². The second-order valence-electron chi connectivity index (χ2n) is 8.11. The number of hydrogen-bond acceptors (Lipinski definition) is 4. The molecule has 5 aromatic rings. The summed E-state index contributed by atoms with van der Waals surface area (Å²) in [6.07, 6.45) is 4.22. The molecule has 1 aliphatic rings. The number of hydrogen-bond donors (Lipinski definition) is 3. The Kier molecular flexibility index (Phi) is 4.21. The average molecular weight is 414 g/mol. The van der Waals surface area contributed by atoms with E-state index >= 15 is 0 Å². The van der Waals surface area contributed by atoms with Crippen LogP contribution < -0.4 is 5.32 Å². The average Bonchev–Trinajstić information content (AvgIpc) is 3.51. The van der Waals surface area contributed by atoms with Crippen molar-refractivity contribution in [3.8, 4) is 21.8 Å². The molecule has 0 spiro atoms. The molecule has 0 unspecified atom stereocenters. The van der Waals surface area contributed by atoms with Gasteiger partial charge in [0.15, 0.2) is 0 Å². The van der Waals surface area contributed by atoms with Gasteiger partial charge in [-0.05, 0) is 63.2 Å². The summed E-state index contributed by atoms with van der Waals surface area (Å²) < 4.78 is 0. The number of thiophene rings is 1. The first kappa shape index (κ1) is 17.9. The summed E-state index contributed by atoms with van der Waals surface area (Å²) in [6, 6.07) is 15.3. The molecule has 1 aromatic carbocycles. The second-order valence-corrected chi connectivity index (χ2v) is 9.40. The maximum atomic E-state index is 4.73. The molecule has 1 aliphatic heterocycles. The van der Waals surface area contributed by atoms with E-state index in [1.165, 1.54) is 26.4 Å². The molecule has 0 saturated carbocycles. The largest absolute Gasteiger partial charge is 0.353 e. The van der Waals surface area contributed by atoms with Crippen molar-refractivity contribution < 1.29 is 0 Å². The lowest BCUT2D eigenvalue weighted by molar-refractivity contribution is 0.453. The van der Waals surface area contributed by atoms with Crippen LogP contribution in [-0.2, 0) is 0 Å². The topological polar surface area (TPSA) is 69.4 Å². The quantitative estimate of drug-likeness (QED) is 0.360. The lowest BCUT2D eigenvalue weighted by Gasteiger charge is -2.22. The molecule has 4 aromatic heterocycles. The number of rotatable bonds is 3. The Morgan fingerprint density at radius 2 is 1.90 bits per heavy atom. The SMILES string of the molecule is Cc1ccc(-c2cccc3[nH]c(-c4n[nH]c5cnc(C6CCNCC6)cc45)cc23)s1. The van der Waals surface area contributed by atoms with E-state index in [4.69, 9.17) is 4.98 Å². The molecule has 1 fully saturated rings. The van der Waals surface area contributed by atoms with Crippen molar-refractivity contribution in [2.75, 3.05) is 13.1 Å². The molecular formula is C24H23N5S. The third-order valence-electron chi connectivity index (χ3n) is 6.15. The molecule has 0 amide bonds. The molecular weight excluding hydrogens is 390 g/mol. The zero-order chi connectivity index (χ0) is 20.1. The summed E-state index contributed by atoms with van der Waals surface area (Å²) in [5.41, 5.74) is 6.57. The van der Waals surface area contributed by atoms with Crippen LogP contribution in [0.1, 0.15) is 29.3 Å². The van der Waals surface area contributed by atoms with Crippen LogP contribution >= 0.6 is 11.3 Å². The highest BCUT2D eigenvalue weighted by molar-refractivity contribution is 7.15. The van der Waals surface area contributed by atoms with E-state index in [1.807, 2.05) is 17.5 Å². The van der Waals surface area contributed by atoms with Gasteiger partial charge in [-0.3, -0.25) is 10.1 Å². The summed E-state index contributed by atoms with van der Waals surface area (Å²) in [4.78, 5) is 11.0. The van der Waals surface area contributed by atoms with E-state index in [0.29, 0.717) is 5.92 Å². The predicted molar refractivity (Wildman–Crippen MR) is 124 cm³/mol. The van der Waals surface area contributed by atoms with Gasteiger partial charge in [0.05, 0.1) is 17.4 Å². The summed E-state index contributed by atoms with van der Waals surface area (Å²) in [7, 11) is 0. The highest BCUT2D eigenvalue weighted by Gasteiger charge is 2.19. The lowest BCUT2D eigenvalue weighted by atomic mass is 9.93. The van der Waals surface area contributed by atoms with Crippen LogP contribution in [0.2, 0.25) is 0 Å². The Morgan fingerprint density at radius 3 is 2.73 bits per heavy atom. The molecule has 1 saturated heterocycles. The molecule has 0 aliphatic carbocycles. The van der Waals surface area contributed by atoms with Crippen LogP contribution in [0.5, 0.6) is 0 Å². The van der Waals surface area contributed by atoms with E-state index < -0.39 is 0 Å². The van der Waals surface area contributed by atoms with E-state index in [-0.39, 0.29) is 0 Å². The van der Waals surface area contributed by atoms with E-state index in [2.05, 4.69) is 69.9 Å². The molecule has 6 rings (SSSR count). The van der Waals surface area contributed by atoms with Crippen LogP contribution in [0, 0.1) is 6.92 Å². The van der Waals surface area contributed by atoms with Crippen LogP contribution in [0.25, 0.3) is 43.6 Å². The van der Waals surface area contributed by atoms with Gasteiger partial charge in [-0.1, -0.05) is 12.1 Å². The third-order valence-corrected chi connectivity index (χ3v) is 7.18. The Balaban J connectivity index is 1.47. The maximum absolute atomic E-state index is 4.73. The van der Waals surface area contributed by atoms with Crippen molar-refractivity contribution in [3.63, 3.8) is 0 Å². The van der Waals surface area contributed by atoms with Gasteiger partial charge in [0.2, 0.25) is 0 Å². The fourth-order valence-corrected chi connectivity index (χ4v) is 5.46. The number of nitrogens with zero attached hydrogens (tertiary/aromatic N) is 2. The molecule has 5 heterocycles. The van der Waals surface area contributed by atoms with Crippen LogP contribution in [0.3, 0.4) is 0 Å². The van der Waals surface area contributed by atoms with Gasteiger partial charge in [0.25, 0.3) is 0 Å². The van der Waals surface area contributed by atoms with E-state index in [0.717, 1.165) is 53.7 Å². The molecule has 3 N–H and O–H groups in total. The maximum Gasteiger partial charge on any atom is 0.116 e. The highest BCUT2D eigenvalue weighted by Crippen LogP contribution is 2.37. The fourth-order valence-electron chi connectivity index (χ4n) is 4.56. The van der Waals surface area contributed by atoms with Crippen molar-refractivity contribution in [2.45, 2.75) is 25.7 Å². The first-order valence-corrected chi connectivity index (χ1v) is 11.3. The Hall–Kier alpha value is -2.96. The molecule has 150 valence electrons. The van der Waals surface area contributed by atoms with Crippen molar-refractivity contribution in [1.82, 2.24) is 25.5 Å². The summed E-state index contributed by atoms with van der Waals surface area (Å²) >= 11 is 1.83. The van der Waals surface area contributed by atoms with Gasteiger partial charge in [-0.2, -0.15) is 5.10 Å². The van der Waals surface area contributed by atoms with Crippen molar-refractivity contribution in [1.29, 1.82) is 0 Å². The Morgan fingerprint density at radius 1 is 1.00 bits per heavy atom. The molecule has 5 nitrogen and oxygen atoms in total. The number of piperidine rings is 1. The summed E-state index contributed by atoms with van der Waals surface area (Å²) in [5.74, 6) is 0.523. The molecule has 30 heavy (non-hydrogen) atoms. The van der Waals surface area contributed by atoms with E-state index in [9.17, 15) is 0 Å². The molecule has 6 heteroatoms. The van der Waals surface area contributed by atoms with Gasteiger partial charge in [-0.15, -0.1) is 11.3 Å². The van der Waals surface area contributed by atoms with Crippen molar-refractivity contribution in [2.24, 2.45) is 0 Å². The molecule has 0 atom stereocenters. The van der Waals surface area contributed by atoms with Gasteiger partial charge < -0.3 is 10.3 Å². The zero-order valence-corrected chi connectivity index (χ0v) is 17.6. The Labute approximate surface area is 178 Å². The minimum absolute atomic E-state index is 0.523. The summed E-state index contributed by atoms with van der Waals surface area (Å²) in [5, 5.41) is 13.6. The highest BCUT2D eigenvalue weighted by atomic mass is 32.1. The van der Waals surface area contributed by atoms with Gasteiger partial charge in [0, 0.05) is 43.2 Å². The number of fused-ring (bicyclic) bond motifs is 2. The summed E-state index contributed by atoms with van der Waals surface area (Å²) in [6.45, 7) is 4.28. The number of aryl methyl sites for hydroxylation is 1. The number of pyridine rings is 1. The normalized spacial score (nSPS) is 15.4. The van der Waals surface area contributed by atoms with Gasteiger partial charge in [-0.25, -0.2) is 0 Å². The Bertz CT molecular complexity index is 1350. The third kappa shape index (κ3) is 2.95. The number of nitrogens with one attached hydrogen (secondary N) is 3. The minimum Gasteiger partial charge on any atom is -0.353 e. The standard InChI is InChI=1S/C24H23N5S/c1-14-5-6-23(30-14)16-3-2-4-19-17(16)11-21(27-19)24-18-12-20(15-7-9-25-10-8-15)26-13-22(18)28-29-24/h2-6,11-13,15,25,27H,7-10H2,1H3,(H,28,29). The number of aromatic nitrogens is 4. The number of aromatic amines is 2. The van der Waals surface area contributed by atoms with Crippen LogP contribution in [0.4, 0.5) is 0 Å². The molecule has 0 bridgehead atoms. The number of benzene rings is 1. The lowest BCUT2D eigenvalue weighted by Crippen LogP contribution is -2.27. The first-order valence-electron chi connectivity index (χ1n) is 10.5. The number of H-pyrrole nitrogens is 2. The zero-order valence-electron chi connectivity index (χ0n) is 16.8. The van der Waals surface area contributed by atoms with Crippen LogP contribution in [0.15, 0.2) is 48.7 Å². The monoisotopic (exact) mass is 413 g/mol. The van der Waals surface area contributed by atoms with E-state index in [1.54, 1.807) is 0 Å². The van der Waals surface area contributed by atoms with Crippen molar-refractivity contribution >= 4 is 33.1 Å². The smallest absolute Gasteiger partial charge is 0.116 e.